The van der Waals surface area contributed by atoms with Gasteiger partial charge in [-0.3, -0.25) is 0 Å². The molecule has 3 aliphatic carbocycles. The summed E-state index contributed by atoms with van der Waals surface area (Å²) >= 11 is 0. The summed E-state index contributed by atoms with van der Waals surface area (Å²) < 4.78 is 0. The average Bonchev–Trinajstić information content (AvgIpc) is 3.03. The molecule has 3 fully saturated rings. The van der Waals surface area contributed by atoms with Crippen LogP contribution in [0.5, 0.6) is 0 Å². The lowest BCUT2D eigenvalue weighted by Gasteiger charge is -2.44. The standard InChI is InChI=1S/C27H44O3/c1-18-8-12-22(28)17-21(18)11-10-20-7-6-16-27(5)23(13-14-24(20)27)19(2)9-15-25(29)26(3,4)30/h10-11,19,22-25,28-30H,1,6-9,12-17H2,2-5H3/b20-10+,21-11-/t19-,22+,23-,24-,25-,27-/m1/s1. The molecule has 0 radical (unpaired) electrons. The van der Waals surface area contributed by atoms with Crippen molar-refractivity contribution in [2.45, 2.75) is 110 Å². The van der Waals surface area contributed by atoms with Crippen molar-refractivity contribution < 1.29 is 15.3 Å². The predicted octanol–water partition coefficient (Wildman–Crippen LogP) is 5.70. The first-order chi connectivity index (χ1) is 14.0. The summed E-state index contributed by atoms with van der Waals surface area (Å²) in [5, 5.41) is 30.3. The Hall–Kier alpha value is -0.900. The Morgan fingerprint density at radius 1 is 1.17 bits per heavy atom. The summed E-state index contributed by atoms with van der Waals surface area (Å²) in [5.41, 5.74) is 3.34. The molecule has 0 saturated heterocycles. The zero-order valence-corrected chi connectivity index (χ0v) is 19.7. The minimum atomic E-state index is -1.02. The molecular weight excluding hydrogens is 372 g/mol. The fourth-order valence-electron chi connectivity index (χ4n) is 6.58. The summed E-state index contributed by atoms with van der Waals surface area (Å²) in [6, 6.07) is 0. The highest BCUT2D eigenvalue weighted by Crippen LogP contribution is 2.60. The normalized spacial score (nSPS) is 37.4. The zero-order valence-electron chi connectivity index (χ0n) is 19.7. The van der Waals surface area contributed by atoms with E-state index in [1.165, 1.54) is 43.3 Å². The molecule has 3 N–H and O–H groups in total. The highest BCUT2D eigenvalue weighted by Gasteiger charge is 2.50. The Kier molecular flexibility index (Phi) is 7.37. The molecule has 0 aliphatic heterocycles. The molecule has 0 aromatic carbocycles. The summed E-state index contributed by atoms with van der Waals surface area (Å²) in [4.78, 5) is 0. The SMILES string of the molecule is C=C1CC[C@H](O)C/C1=C/C=C1\CCC[C@@]2(C)[C@@H]1CC[C@@H]2[C@H](C)CC[C@@H](O)C(C)(C)O. The number of hydrogen-bond donors (Lipinski definition) is 3. The molecule has 170 valence electrons. The van der Waals surface area contributed by atoms with E-state index in [1.54, 1.807) is 19.4 Å². The van der Waals surface area contributed by atoms with Gasteiger partial charge in [-0.25, -0.2) is 0 Å². The molecule has 0 aromatic heterocycles. The first-order valence-corrected chi connectivity index (χ1v) is 12.2. The number of hydrogen-bond acceptors (Lipinski definition) is 3. The van der Waals surface area contributed by atoms with Crippen molar-refractivity contribution in [3.63, 3.8) is 0 Å². The molecule has 0 spiro atoms. The van der Waals surface area contributed by atoms with Crippen LogP contribution >= 0.6 is 0 Å². The molecule has 0 heterocycles. The van der Waals surface area contributed by atoms with E-state index in [0.29, 0.717) is 29.6 Å². The summed E-state index contributed by atoms with van der Waals surface area (Å²) in [7, 11) is 0. The van der Waals surface area contributed by atoms with Crippen LogP contribution in [0.2, 0.25) is 0 Å². The molecular formula is C27H44O3. The topological polar surface area (TPSA) is 60.7 Å². The number of rotatable bonds is 6. The lowest BCUT2D eigenvalue weighted by Crippen LogP contribution is -2.38. The van der Waals surface area contributed by atoms with Gasteiger partial charge >= 0.3 is 0 Å². The number of allylic oxidation sites excluding steroid dienone is 4. The molecule has 3 rings (SSSR count). The molecule has 0 unspecified atom stereocenters. The van der Waals surface area contributed by atoms with Gasteiger partial charge in [0.2, 0.25) is 0 Å². The molecule has 6 atom stereocenters. The minimum Gasteiger partial charge on any atom is -0.393 e. The molecule has 0 amide bonds. The third-order valence-electron chi connectivity index (χ3n) is 8.62. The highest BCUT2D eigenvalue weighted by atomic mass is 16.3. The van der Waals surface area contributed by atoms with Crippen molar-refractivity contribution in [2.24, 2.45) is 23.2 Å². The van der Waals surface area contributed by atoms with Crippen molar-refractivity contribution >= 4 is 0 Å². The van der Waals surface area contributed by atoms with E-state index < -0.39 is 11.7 Å². The van der Waals surface area contributed by atoms with Crippen molar-refractivity contribution in [2.75, 3.05) is 0 Å². The number of aliphatic hydroxyl groups is 3. The van der Waals surface area contributed by atoms with Gasteiger partial charge in [-0.1, -0.05) is 43.7 Å². The minimum absolute atomic E-state index is 0.215. The van der Waals surface area contributed by atoms with Crippen molar-refractivity contribution in [1.82, 2.24) is 0 Å². The quantitative estimate of drug-likeness (QED) is 0.520. The maximum absolute atomic E-state index is 10.3. The molecule has 3 heteroatoms. The Bertz CT molecular complexity index is 683. The second kappa shape index (κ2) is 9.30. The largest absolute Gasteiger partial charge is 0.393 e. The second-order valence-electron chi connectivity index (χ2n) is 11.3. The van der Waals surface area contributed by atoms with Gasteiger partial charge in [0.05, 0.1) is 17.8 Å². The van der Waals surface area contributed by atoms with Gasteiger partial charge in [0, 0.05) is 0 Å². The van der Waals surface area contributed by atoms with Crippen LogP contribution in [0, 0.1) is 23.2 Å². The van der Waals surface area contributed by atoms with E-state index in [1.807, 2.05) is 0 Å². The van der Waals surface area contributed by atoms with Gasteiger partial charge in [-0.15, -0.1) is 0 Å². The summed E-state index contributed by atoms with van der Waals surface area (Å²) in [5.74, 6) is 1.89. The van der Waals surface area contributed by atoms with E-state index in [2.05, 4.69) is 32.6 Å². The molecule has 0 aromatic rings. The zero-order chi connectivity index (χ0) is 22.1. The first kappa shape index (κ1) is 23.8. The van der Waals surface area contributed by atoms with Crippen molar-refractivity contribution in [3.8, 4) is 0 Å². The van der Waals surface area contributed by atoms with Crippen LogP contribution in [0.1, 0.15) is 91.9 Å². The van der Waals surface area contributed by atoms with Gasteiger partial charge in [0.1, 0.15) is 0 Å². The second-order valence-corrected chi connectivity index (χ2v) is 11.3. The summed E-state index contributed by atoms with van der Waals surface area (Å²) in [6.07, 6.45) is 14.1. The van der Waals surface area contributed by atoms with Crippen molar-refractivity contribution in [1.29, 1.82) is 0 Å². The van der Waals surface area contributed by atoms with Crippen LogP contribution in [0.15, 0.2) is 35.5 Å². The third-order valence-corrected chi connectivity index (χ3v) is 8.62. The van der Waals surface area contributed by atoms with Gasteiger partial charge in [0.15, 0.2) is 0 Å². The van der Waals surface area contributed by atoms with Crippen LogP contribution in [0.4, 0.5) is 0 Å². The summed E-state index contributed by atoms with van der Waals surface area (Å²) in [6.45, 7) is 12.5. The van der Waals surface area contributed by atoms with E-state index in [4.69, 9.17) is 0 Å². The highest BCUT2D eigenvalue weighted by molar-refractivity contribution is 5.36. The maximum Gasteiger partial charge on any atom is 0.0849 e. The van der Waals surface area contributed by atoms with Crippen LogP contribution in [0.25, 0.3) is 0 Å². The Morgan fingerprint density at radius 3 is 2.60 bits per heavy atom. The van der Waals surface area contributed by atoms with E-state index in [9.17, 15) is 15.3 Å². The lowest BCUT2D eigenvalue weighted by molar-refractivity contribution is -0.0554. The van der Waals surface area contributed by atoms with Crippen molar-refractivity contribution in [3.05, 3.63) is 35.5 Å². The molecule has 3 saturated carbocycles. The van der Waals surface area contributed by atoms with E-state index in [0.717, 1.165) is 25.7 Å². The van der Waals surface area contributed by atoms with E-state index >= 15 is 0 Å². The third kappa shape index (κ3) is 5.11. The molecule has 3 aliphatic rings. The Labute approximate surface area is 184 Å². The number of fused-ring (bicyclic) bond motifs is 1. The average molecular weight is 417 g/mol. The number of aliphatic hydroxyl groups excluding tert-OH is 2. The van der Waals surface area contributed by atoms with Crippen LogP contribution in [-0.2, 0) is 0 Å². The van der Waals surface area contributed by atoms with Crippen LogP contribution in [-0.4, -0.2) is 33.1 Å². The first-order valence-electron chi connectivity index (χ1n) is 12.2. The Morgan fingerprint density at radius 2 is 1.90 bits per heavy atom. The molecule has 0 bridgehead atoms. The van der Waals surface area contributed by atoms with Gasteiger partial charge in [0.25, 0.3) is 0 Å². The fraction of sp³-hybridized carbons (Fsp3) is 0.778. The monoisotopic (exact) mass is 416 g/mol. The van der Waals surface area contributed by atoms with Crippen LogP contribution in [0.3, 0.4) is 0 Å². The lowest BCUT2D eigenvalue weighted by atomic mass is 9.60. The molecule has 3 nitrogen and oxygen atoms in total. The fourth-order valence-corrected chi connectivity index (χ4v) is 6.58. The van der Waals surface area contributed by atoms with Crippen LogP contribution < -0.4 is 0 Å². The van der Waals surface area contributed by atoms with Gasteiger partial charge in [-0.2, -0.15) is 0 Å². The van der Waals surface area contributed by atoms with Gasteiger partial charge in [-0.05, 0) is 107 Å². The van der Waals surface area contributed by atoms with E-state index in [-0.39, 0.29) is 6.10 Å². The predicted molar refractivity (Wildman–Crippen MR) is 124 cm³/mol. The molecule has 30 heavy (non-hydrogen) atoms. The maximum atomic E-state index is 10.3. The smallest absolute Gasteiger partial charge is 0.0849 e. The Balaban J connectivity index is 1.69. The van der Waals surface area contributed by atoms with Gasteiger partial charge < -0.3 is 15.3 Å².